The zero-order valence-electron chi connectivity index (χ0n) is 9.73. The highest BCUT2D eigenvalue weighted by Crippen LogP contribution is 2.14. The lowest BCUT2D eigenvalue weighted by Crippen LogP contribution is -2.29. The second-order valence-electron chi connectivity index (χ2n) is 3.66. The molecule has 0 heterocycles. The van der Waals surface area contributed by atoms with Crippen LogP contribution in [0.25, 0.3) is 0 Å². The first-order valence-electron chi connectivity index (χ1n) is 5.05. The Balaban J connectivity index is 2.83. The summed E-state index contributed by atoms with van der Waals surface area (Å²) in [5, 5.41) is 0.277. The molecule has 0 aliphatic carbocycles. The highest BCUT2D eigenvalue weighted by atomic mass is 32.2. The molecule has 0 saturated heterocycles. The minimum atomic E-state index is -3.36. The van der Waals surface area contributed by atoms with E-state index in [1.165, 1.54) is 0 Å². The summed E-state index contributed by atoms with van der Waals surface area (Å²) in [5.41, 5.74) is 0.770. The average molecular weight is 259 g/mol. The van der Waals surface area contributed by atoms with E-state index in [0.29, 0.717) is 11.4 Å². The Hall–Kier alpha value is -0.520. The van der Waals surface area contributed by atoms with Crippen molar-refractivity contribution in [3.63, 3.8) is 0 Å². The van der Waals surface area contributed by atoms with Crippen LogP contribution in [0.5, 0.6) is 0 Å². The molecular weight excluding hydrogens is 242 g/mol. The van der Waals surface area contributed by atoms with Crippen LogP contribution >= 0.6 is 11.8 Å². The van der Waals surface area contributed by atoms with Crippen molar-refractivity contribution in [2.75, 3.05) is 12.8 Å². The summed E-state index contributed by atoms with van der Waals surface area (Å²) < 4.78 is 26.5. The van der Waals surface area contributed by atoms with Gasteiger partial charge in [-0.3, -0.25) is 0 Å². The second-order valence-corrected chi connectivity index (χ2v) is 6.68. The molecule has 0 fully saturated rings. The largest absolute Gasteiger partial charge is 0.240 e. The first-order valence-corrected chi connectivity index (χ1v) is 7.82. The van der Waals surface area contributed by atoms with Crippen molar-refractivity contribution in [3.8, 4) is 0 Å². The third-order valence-corrected chi connectivity index (χ3v) is 4.90. The van der Waals surface area contributed by atoms with Crippen molar-refractivity contribution in [1.29, 1.82) is 0 Å². The number of hydrogen-bond donors (Lipinski definition) is 1. The Kier molecular flexibility index (Phi) is 4.83. The van der Waals surface area contributed by atoms with Crippen LogP contribution in [0.3, 0.4) is 0 Å². The maximum Gasteiger partial charge on any atom is 0.240 e. The number of aryl methyl sites for hydroxylation is 1. The highest BCUT2D eigenvalue weighted by molar-refractivity contribution is 7.99. The Morgan fingerprint density at radius 3 is 2.56 bits per heavy atom. The molecule has 0 saturated carbocycles. The van der Waals surface area contributed by atoms with Crippen molar-refractivity contribution in [3.05, 3.63) is 29.8 Å². The fourth-order valence-electron chi connectivity index (χ4n) is 1.25. The predicted molar refractivity (Wildman–Crippen MR) is 69.3 cm³/mol. The lowest BCUT2D eigenvalue weighted by atomic mass is 10.2. The fraction of sp³-hybridized carbons (Fsp3) is 0.455. The van der Waals surface area contributed by atoms with E-state index in [1.807, 2.05) is 19.2 Å². The van der Waals surface area contributed by atoms with Crippen molar-refractivity contribution in [2.45, 2.75) is 24.0 Å². The molecule has 1 atom stereocenters. The van der Waals surface area contributed by atoms with Gasteiger partial charge in [0.05, 0.1) is 4.90 Å². The molecule has 0 aliphatic rings. The zero-order chi connectivity index (χ0) is 12.2. The number of hydrogen-bond acceptors (Lipinski definition) is 3. The van der Waals surface area contributed by atoms with Gasteiger partial charge < -0.3 is 0 Å². The summed E-state index contributed by atoms with van der Waals surface area (Å²) in [6.45, 7) is 4.25. The van der Waals surface area contributed by atoms with Crippen molar-refractivity contribution in [2.24, 2.45) is 0 Å². The fourth-order valence-corrected chi connectivity index (χ4v) is 2.98. The Bertz CT molecular complexity index is 443. The molecule has 0 spiro atoms. The van der Waals surface area contributed by atoms with E-state index in [4.69, 9.17) is 0 Å². The molecule has 1 N–H and O–H groups in total. The van der Waals surface area contributed by atoms with E-state index in [-0.39, 0.29) is 5.25 Å². The van der Waals surface area contributed by atoms with Crippen molar-refractivity contribution in [1.82, 2.24) is 4.72 Å². The highest BCUT2D eigenvalue weighted by Gasteiger charge is 2.16. The van der Waals surface area contributed by atoms with Crippen LogP contribution in [-0.4, -0.2) is 26.5 Å². The summed E-state index contributed by atoms with van der Waals surface area (Å²) in [7, 11) is -3.36. The van der Waals surface area contributed by atoms with Gasteiger partial charge in [0.15, 0.2) is 0 Å². The minimum Gasteiger partial charge on any atom is -0.210 e. The minimum absolute atomic E-state index is 0.277. The van der Waals surface area contributed by atoms with Gasteiger partial charge in [-0.2, -0.15) is 11.8 Å². The Morgan fingerprint density at radius 1 is 1.38 bits per heavy atom. The number of nitrogens with one attached hydrogen (secondary N) is 1. The molecule has 1 unspecified atom stereocenters. The normalized spacial score (nSPS) is 13.7. The van der Waals surface area contributed by atoms with E-state index in [2.05, 4.69) is 4.72 Å². The van der Waals surface area contributed by atoms with Crippen LogP contribution in [0.1, 0.15) is 12.5 Å². The quantitative estimate of drug-likeness (QED) is 0.880. The van der Waals surface area contributed by atoms with Crippen molar-refractivity contribution >= 4 is 21.8 Å². The maximum absolute atomic E-state index is 12.0. The predicted octanol–water partition coefficient (Wildman–Crippen LogP) is 2.02. The average Bonchev–Trinajstić information content (AvgIpc) is 2.26. The van der Waals surface area contributed by atoms with E-state index in [9.17, 15) is 8.42 Å². The maximum atomic E-state index is 12.0. The van der Waals surface area contributed by atoms with E-state index in [1.54, 1.807) is 36.9 Å². The lowest BCUT2D eigenvalue weighted by Gasteiger charge is -2.11. The summed E-state index contributed by atoms with van der Waals surface area (Å²) in [6, 6.07) is 6.99. The van der Waals surface area contributed by atoms with Gasteiger partial charge in [0.2, 0.25) is 10.0 Å². The molecule has 3 nitrogen and oxygen atoms in total. The lowest BCUT2D eigenvalue weighted by molar-refractivity contribution is 0.581. The first kappa shape index (κ1) is 13.5. The monoisotopic (exact) mass is 259 g/mol. The van der Waals surface area contributed by atoms with Gasteiger partial charge in [0, 0.05) is 11.8 Å². The molecule has 90 valence electrons. The third kappa shape index (κ3) is 3.50. The number of benzene rings is 1. The molecule has 1 rings (SSSR count). The molecule has 1 aromatic rings. The summed E-state index contributed by atoms with van der Waals surface area (Å²) in [6.07, 6.45) is 1.97. The molecule has 0 amide bonds. The van der Waals surface area contributed by atoms with E-state index >= 15 is 0 Å². The van der Waals surface area contributed by atoms with Crippen LogP contribution in [0.2, 0.25) is 0 Å². The topological polar surface area (TPSA) is 46.2 Å². The van der Waals surface area contributed by atoms with Gasteiger partial charge in [-0.05, 0) is 24.8 Å². The van der Waals surface area contributed by atoms with Gasteiger partial charge in [0.25, 0.3) is 0 Å². The van der Waals surface area contributed by atoms with Gasteiger partial charge in [-0.15, -0.1) is 0 Å². The Morgan fingerprint density at radius 2 is 2.00 bits per heavy atom. The summed E-state index contributed by atoms with van der Waals surface area (Å²) >= 11 is 1.64. The van der Waals surface area contributed by atoms with Gasteiger partial charge in [-0.25, -0.2) is 13.1 Å². The molecule has 0 radical (unpaired) electrons. The Labute approximate surface area is 102 Å². The molecule has 5 heteroatoms. The zero-order valence-corrected chi connectivity index (χ0v) is 11.4. The number of sulfonamides is 1. The van der Waals surface area contributed by atoms with Crippen LogP contribution in [0.4, 0.5) is 0 Å². The van der Waals surface area contributed by atoms with E-state index in [0.717, 1.165) is 5.56 Å². The molecular formula is C11H17NO2S2. The second kappa shape index (κ2) is 5.70. The molecule has 0 bridgehead atoms. The van der Waals surface area contributed by atoms with E-state index < -0.39 is 10.0 Å². The molecule has 0 aliphatic heterocycles. The number of rotatable bonds is 5. The standard InChI is InChI=1S/C11H17NO2S2/c1-9-6-4-5-7-11(9)16(13,14)12-8-10(2)15-3/h4-7,10,12H,8H2,1-3H3. The SMILES string of the molecule is CSC(C)CNS(=O)(=O)c1ccccc1C. The first-order chi connectivity index (χ1) is 7.47. The van der Waals surface area contributed by atoms with Crippen LogP contribution in [-0.2, 0) is 10.0 Å². The number of thioether (sulfide) groups is 1. The van der Waals surface area contributed by atoms with Crippen LogP contribution < -0.4 is 4.72 Å². The smallest absolute Gasteiger partial charge is 0.210 e. The van der Waals surface area contributed by atoms with Gasteiger partial charge in [0.1, 0.15) is 0 Å². The van der Waals surface area contributed by atoms with Gasteiger partial charge >= 0.3 is 0 Å². The van der Waals surface area contributed by atoms with Crippen LogP contribution in [0, 0.1) is 6.92 Å². The molecule has 0 aromatic heterocycles. The van der Waals surface area contributed by atoms with Crippen molar-refractivity contribution < 1.29 is 8.42 Å². The third-order valence-electron chi connectivity index (χ3n) is 2.35. The molecule has 16 heavy (non-hydrogen) atoms. The van der Waals surface area contributed by atoms with Crippen LogP contribution in [0.15, 0.2) is 29.2 Å². The molecule has 1 aromatic carbocycles. The summed E-state index contributed by atoms with van der Waals surface area (Å²) in [4.78, 5) is 0.364. The van der Waals surface area contributed by atoms with Gasteiger partial charge in [-0.1, -0.05) is 25.1 Å². The summed E-state index contributed by atoms with van der Waals surface area (Å²) in [5.74, 6) is 0.